The van der Waals surface area contributed by atoms with Crippen LogP contribution >= 0.6 is 0 Å². The Hall–Kier alpha value is -3.39. The lowest BCUT2D eigenvalue weighted by Crippen LogP contribution is -2.48. The van der Waals surface area contributed by atoms with Crippen LogP contribution in [0.1, 0.15) is 49.7 Å². The van der Waals surface area contributed by atoms with E-state index in [-0.39, 0.29) is 30.9 Å². The molecular weight excluding hydrogens is 448 g/mol. The number of carboxylic acids is 1. The predicted molar refractivity (Wildman–Crippen MR) is 130 cm³/mol. The molecule has 0 aromatic heterocycles. The number of benzene rings is 2. The monoisotopic (exact) mass is 480 g/mol. The number of carboxylic acid groups (broad SMARTS) is 1. The lowest BCUT2D eigenvalue weighted by molar-refractivity contribution is -0.149. The van der Waals surface area contributed by atoms with Crippen LogP contribution in [0.25, 0.3) is 11.1 Å². The summed E-state index contributed by atoms with van der Waals surface area (Å²) in [4.78, 5) is 36.8. The summed E-state index contributed by atoms with van der Waals surface area (Å²) in [6.07, 6.45) is 1.10. The van der Waals surface area contributed by atoms with Crippen molar-refractivity contribution < 1.29 is 29.0 Å². The normalized spacial score (nSPS) is 19.5. The zero-order valence-corrected chi connectivity index (χ0v) is 19.9. The highest BCUT2D eigenvalue weighted by Gasteiger charge is 2.35. The van der Waals surface area contributed by atoms with Gasteiger partial charge in [-0.1, -0.05) is 68.3 Å². The number of aliphatic carboxylic acids is 1. The molecule has 186 valence electrons. The summed E-state index contributed by atoms with van der Waals surface area (Å²) in [5.41, 5.74) is 4.53. The third-order valence-electron chi connectivity index (χ3n) is 6.79. The van der Waals surface area contributed by atoms with E-state index in [1.807, 2.05) is 31.2 Å². The van der Waals surface area contributed by atoms with E-state index in [4.69, 9.17) is 9.47 Å². The van der Waals surface area contributed by atoms with Gasteiger partial charge >= 0.3 is 12.1 Å². The third kappa shape index (κ3) is 5.65. The summed E-state index contributed by atoms with van der Waals surface area (Å²) in [6, 6.07) is 15.5. The number of unbranched alkanes of at least 4 members (excludes halogenated alkanes) is 1. The summed E-state index contributed by atoms with van der Waals surface area (Å²) in [5.74, 6) is -1.73. The van der Waals surface area contributed by atoms with E-state index in [0.717, 1.165) is 35.1 Å². The van der Waals surface area contributed by atoms with Crippen molar-refractivity contribution in [2.24, 2.45) is 5.92 Å². The molecule has 1 unspecified atom stereocenters. The molecule has 3 atom stereocenters. The zero-order chi connectivity index (χ0) is 24.8. The Morgan fingerprint density at radius 3 is 2.37 bits per heavy atom. The van der Waals surface area contributed by atoms with Crippen LogP contribution in [-0.4, -0.2) is 55.0 Å². The number of ether oxygens (including phenoxy) is 2. The average Bonchev–Trinajstić information content (AvgIpc) is 3.47. The molecule has 2 aromatic carbocycles. The molecule has 3 N–H and O–H groups in total. The van der Waals surface area contributed by atoms with Gasteiger partial charge in [-0.25, -0.2) is 9.59 Å². The molecule has 8 heteroatoms. The number of amides is 2. The van der Waals surface area contributed by atoms with Crippen LogP contribution in [-0.2, 0) is 19.1 Å². The SMILES string of the molecule is CCCCC(NC(=O)OCC1c2ccccc2-c2ccccc21)C(=O)NC[C@H]1CCO[C@H]1C(=O)O. The summed E-state index contributed by atoms with van der Waals surface area (Å²) < 4.78 is 10.8. The molecule has 2 aromatic rings. The van der Waals surface area contributed by atoms with Gasteiger partial charge in [-0.3, -0.25) is 4.79 Å². The van der Waals surface area contributed by atoms with Crippen LogP contribution in [0.5, 0.6) is 0 Å². The van der Waals surface area contributed by atoms with E-state index in [9.17, 15) is 19.5 Å². The lowest BCUT2D eigenvalue weighted by Gasteiger charge is -2.21. The van der Waals surface area contributed by atoms with Crippen molar-refractivity contribution in [3.05, 3.63) is 59.7 Å². The molecule has 2 amide bonds. The van der Waals surface area contributed by atoms with Gasteiger partial charge in [-0.05, 0) is 35.1 Å². The van der Waals surface area contributed by atoms with Crippen LogP contribution in [0.3, 0.4) is 0 Å². The highest BCUT2D eigenvalue weighted by molar-refractivity contribution is 5.86. The first-order valence-electron chi connectivity index (χ1n) is 12.2. The predicted octanol–water partition coefficient (Wildman–Crippen LogP) is 3.69. The van der Waals surface area contributed by atoms with Crippen molar-refractivity contribution in [2.75, 3.05) is 19.8 Å². The van der Waals surface area contributed by atoms with Crippen LogP contribution in [0.2, 0.25) is 0 Å². The van der Waals surface area contributed by atoms with Crippen molar-refractivity contribution in [3.63, 3.8) is 0 Å². The number of nitrogens with one attached hydrogen (secondary N) is 2. The van der Waals surface area contributed by atoms with E-state index >= 15 is 0 Å². The molecule has 1 saturated heterocycles. The van der Waals surface area contributed by atoms with E-state index in [1.165, 1.54) is 0 Å². The highest BCUT2D eigenvalue weighted by Crippen LogP contribution is 2.44. The number of alkyl carbamates (subject to hydrolysis) is 1. The Kier molecular flexibility index (Phi) is 8.02. The van der Waals surface area contributed by atoms with Gasteiger partial charge in [0.25, 0.3) is 0 Å². The molecule has 0 spiro atoms. The summed E-state index contributed by atoms with van der Waals surface area (Å²) in [7, 11) is 0. The number of hydrogen-bond donors (Lipinski definition) is 3. The molecule has 4 rings (SSSR count). The minimum atomic E-state index is -1.03. The fourth-order valence-electron chi connectivity index (χ4n) is 4.93. The summed E-state index contributed by atoms with van der Waals surface area (Å²) in [6.45, 7) is 2.72. The Morgan fingerprint density at radius 1 is 1.09 bits per heavy atom. The van der Waals surface area contributed by atoms with Crippen LogP contribution in [0, 0.1) is 5.92 Å². The first-order valence-corrected chi connectivity index (χ1v) is 12.2. The zero-order valence-electron chi connectivity index (χ0n) is 19.9. The van der Waals surface area contributed by atoms with Gasteiger partial charge in [0.05, 0.1) is 0 Å². The van der Waals surface area contributed by atoms with Crippen molar-refractivity contribution in [1.29, 1.82) is 0 Å². The first kappa shape index (κ1) is 24.7. The highest BCUT2D eigenvalue weighted by atomic mass is 16.5. The fourth-order valence-corrected chi connectivity index (χ4v) is 4.93. The maximum absolute atomic E-state index is 12.8. The van der Waals surface area contributed by atoms with Crippen LogP contribution in [0.15, 0.2) is 48.5 Å². The largest absolute Gasteiger partial charge is 0.479 e. The third-order valence-corrected chi connectivity index (χ3v) is 6.79. The lowest BCUT2D eigenvalue weighted by atomic mass is 9.98. The minimum Gasteiger partial charge on any atom is -0.479 e. The maximum atomic E-state index is 12.8. The molecule has 8 nitrogen and oxygen atoms in total. The average molecular weight is 481 g/mol. The number of carbonyl (C=O) groups excluding carboxylic acids is 2. The Morgan fingerprint density at radius 2 is 1.74 bits per heavy atom. The second-order valence-electron chi connectivity index (χ2n) is 9.09. The second-order valence-corrected chi connectivity index (χ2v) is 9.09. The quantitative estimate of drug-likeness (QED) is 0.478. The summed E-state index contributed by atoms with van der Waals surface area (Å²) >= 11 is 0. The van der Waals surface area contributed by atoms with Crippen molar-refractivity contribution in [2.45, 2.75) is 50.7 Å². The molecule has 1 aliphatic carbocycles. The van der Waals surface area contributed by atoms with Gasteiger partial charge < -0.3 is 25.2 Å². The molecule has 35 heavy (non-hydrogen) atoms. The van der Waals surface area contributed by atoms with Crippen LogP contribution in [0.4, 0.5) is 4.79 Å². The van der Waals surface area contributed by atoms with Gasteiger partial charge in [0.15, 0.2) is 6.10 Å². The fraction of sp³-hybridized carbons (Fsp3) is 0.444. The Labute approximate surface area is 205 Å². The molecule has 0 bridgehead atoms. The Balaban J connectivity index is 1.35. The smallest absolute Gasteiger partial charge is 0.407 e. The number of hydrogen-bond acceptors (Lipinski definition) is 5. The molecule has 0 saturated carbocycles. The maximum Gasteiger partial charge on any atom is 0.407 e. The molecule has 0 radical (unpaired) electrons. The van der Waals surface area contributed by atoms with Crippen molar-refractivity contribution in [3.8, 4) is 11.1 Å². The van der Waals surface area contributed by atoms with E-state index in [2.05, 4.69) is 34.9 Å². The number of rotatable bonds is 10. The second kappa shape index (κ2) is 11.4. The molecule has 1 aliphatic heterocycles. The topological polar surface area (TPSA) is 114 Å². The van der Waals surface area contributed by atoms with E-state index in [1.54, 1.807) is 0 Å². The van der Waals surface area contributed by atoms with Gasteiger partial charge in [0.1, 0.15) is 12.6 Å². The van der Waals surface area contributed by atoms with Gasteiger partial charge in [-0.15, -0.1) is 0 Å². The standard InChI is InChI=1S/C27H32N2O6/c1-2-3-12-23(25(30)28-15-17-13-14-34-24(17)26(31)32)29-27(33)35-16-22-20-10-6-4-8-18(20)19-9-5-7-11-21(19)22/h4-11,17,22-24H,2-3,12-16H2,1H3,(H,28,30)(H,29,33)(H,31,32)/t17-,23?,24-/m1/s1. The number of carbonyl (C=O) groups is 3. The van der Waals surface area contributed by atoms with E-state index in [0.29, 0.717) is 19.4 Å². The number of fused-ring (bicyclic) bond motifs is 3. The molecule has 1 fully saturated rings. The van der Waals surface area contributed by atoms with Crippen molar-refractivity contribution in [1.82, 2.24) is 10.6 Å². The van der Waals surface area contributed by atoms with Gasteiger partial charge in [-0.2, -0.15) is 0 Å². The van der Waals surface area contributed by atoms with E-state index < -0.39 is 24.2 Å². The first-order chi connectivity index (χ1) is 17.0. The van der Waals surface area contributed by atoms with Crippen LogP contribution < -0.4 is 10.6 Å². The molecule has 1 heterocycles. The van der Waals surface area contributed by atoms with Gasteiger partial charge in [0, 0.05) is 25.0 Å². The Bertz CT molecular complexity index is 1030. The summed E-state index contributed by atoms with van der Waals surface area (Å²) in [5, 5.41) is 14.8. The molecular formula is C27H32N2O6. The minimum absolute atomic E-state index is 0.0635. The molecule has 2 aliphatic rings. The van der Waals surface area contributed by atoms with Crippen molar-refractivity contribution >= 4 is 18.0 Å². The van der Waals surface area contributed by atoms with Gasteiger partial charge in [0.2, 0.25) is 5.91 Å².